The van der Waals surface area contributed by atoms with Gasteiger partial charge in [0.05, 0.1) is 18.3 Å². The molecular weight excluding hydrogens is 292 g/mol. The molecule has 23 heavy (non-hydrogen) atoms. The first-order valence-electron chi connectivity index (χ1n) is 7.97. The highest BCUT2D eigenvalue weighted by atomic mass is 16.4. The Bertz CT molecular complexity index is 858. The molecule has 1 N–H and O–H groups in total. The van der Waals surface area contributed by atoms with Gasteiger partial charge < -0.3 is 14.2 Å². The standard InChI is InChI=1S/C18H18N2O3/c1-2-11-3-6-16-14(7-11)15(10-22-16)17(21)19-8-13-9-20-18(23-13)12-4-5-12/h3,6-7,9-10,12H,2,4-5,8H2,1H3,(H,19,21). The lowest BCUT2D eigenvalue weighted by molar-refractivity contribution is 0.0948. The van der Waals surface area contributed by atoms with Gasteiger partial charge in [-0.15, -0.1) is 0 Å². The number of hydrogen-bond acceptors (Lipinski definition) is 4. The van der Waals surface area contributed by atoms with Crippen molar-refractivity contribution in [3.05, 3.63) is 53.4 Å². The van der Waals surface area contributed by atoms with Crippen LogP contribution in [-0.4, -0.2) is 10.9 Å². The largest absolute Gasteiger partial charge is 0.463 e. The molecule has 3 aromatic rings. The van der Waals surface area contributed by atoms with Gasteiger partial charge in [-0.25, -0.2) is 4.98 Å². The predicted molar refractivity (Wildman–Crippen MR) is 85.2 cm³/mol. The third-order valence-corrected chi connectivity index (χ3v) is 4.21. The van der Waals surface area contributed by atoms with E-state index in [9.17, 15) is 4.79 Å². The average molecular weight is 310 g/mol. The summed E-state index contributed by atoms with van der Waals surface area (Å²) in [7, 11) is 0. The number of carbonyl (C=O) groups is 1. The molecule has 0 aliphatic heterocycles. The first-order valence-corrected chi connectivity index (χ1v) is 7.97. The Morgan fingerprint density at radius 2 is 2.26 bits per heavy atom. The third-order valence-electron chi connectivity index (χ3n) is 4.21. The maximum Gasteiger partial charge on any atom is 0.255 e. The molecule has 5 heteroatoms. The van der Waals surface area contributed by atoms with E-state index in [1.807, 2.05) is 18.2 Å². The van der Waals surface area contributed by atoms with E-state index in [-0.39, 0.29) is 5.91 Å². The molecule has 1 fully saturated rings. The number of oxazole rings is 1. The van der Waals surface area contributed by atoms with Gasteiger partial charge in [-0.1, -0.05) is 13.0 Å². The predicted octanol–water partition coefficient (Wildman–Crippen LogP) is 3.79. The van der Waals surface area contributed by atoms with Crippen molar-refractivity contribution < 1.29 is 13.6 Å². The highest BCUT2D eigenvalue weighted by molar-refractivity contribution is 6.06. The van der Waals surface area contributed by atoms with Gasteiger partial charge in [-0.05, 0) is 37.0 Å². The SMILES string of the molecule is CCc1ccc2occ(C(=O)NCc3cnc(C4CC4)o3)c2c1. The van der Waals surface area contributed by atoms with Crippen LogP contribution in [0.3, 0.4) is 0 Å². The molecule has 4 rings (SSSR count). The Kier molecular flexibility index (Phi) is 3.41. The number of hydrogen-bond donors (Lipinski definition) is 1. The summed E-state index contributed by atoms with van der Waals surface area (Å²) in [4.78, 5) is 16.7. The minimum atomic E-state index is -0.165. The van der Waals surface area contributed by atoms with Gasteiger partial charge in [0.2, 0.25) is 0 Å². The molecule has 0 spiro atoms. The van der Waals surface area contributed by atoms with Crippen LogP contribution in [0.2, 0.25) is 0 Å². The summed E-state index contributed by atoms with van der Waals surface area (Å²) in [6, 6.07) is 5.93. The van der Waals surface area contributed by atoms with Crippen molar-refractivity contribution >= 4 is 16.9 Å². The average Bonchev–Trinajstić information content (AvgIpc) is 3.17. The van der Waals surface area contributed by atoms with Crippen LogP contribution in [-0.2, 0) is 13.0 Å². The van der Waals surface area contributed by atoms with Crippen LogP contribution in [0.15, 0.2) is 39.5 Å². The summed E-state index contributed by atoms with van der Waals surface area (Å²) in [5.74, 6) is 1.78. The van der Waals surface area contributed by atoms with Crippen LogP contribution >= 0.6 is 0 Å². The molecule has 0 bridgehead atoms. The van der Waals surface area contributed by atoms with E-state index in [1.54, 1.807) is 6.20 Å². The van der Waals surface area contributed by atoms with Gasteiger partial charge in [0.1, 0.15) is 17.6 Å². The Labute approximate surface area is 133 Å². The highest BCUT2D eigenvalue weighted by Crippen LogP contribution is 2.39. The second kappa shape index (κ2) is 5.57. The molecule has 1 aliphatic carbocycles. The van der Waals surface area contributed by atoms with E-state index in [0.29, 0.717) is 23.8 Å². The van der Waals surface area contributed by atoms with Crippen LogP contribution in [0.4, 0.5) is 0 Å². The third kappa shape index (κ3) is 2.74. The van der Waals surface area contributed by atoms with Crippen molar-refractivity contribution in [1.82, 2.24) is 10.3 Å². The molecular formula is C18H18N2O3. The maximum atomic E-state index is 12.4. The second-order valence-electron chi connectivity index (χ2n) is 5.96. The number of nitrogens with zero attached hydrogens (tertiary/aromatic N) is 1. The number of benzene rings is 1. The second-order valence-corrected chi connectivity index (χ2v) is 5.96. The monoisotopic (exact) mass is 310 g/mol. The zero-order valence-electron chi connectivity index (χ0n) is 13.0. The van der Waals surface area contributed by atoms with Gasteiger partial charge in [0.15, 0.2) is 5.89 Å². The molecule has 0 unspecified atom stereocenters. The number of amides is 1. The van der Waals surface area contributed by atoms with E-state index in [2.05, 4.69) is 17.2 Å². The molecule has 2 aromatic heterocycles. The molecule has 1 saturated carbocycles. The Morgan fingerprint density at radius 3 is 3.04 bits per heavy atom. The van der Waals surface area contributed by atoms with Crippen LogP contribution in [0, 0.1) is 0 Å². The summed E-state index contributed by atoms with van der Waals surface area (Å²) in [6.45, 7) is 2.42. The number of rotatable bonds is 5. The molecule has 2 heterocycles. The van der Waals surface area contributed by atoms with E-state index >= 15 is 0 Å². The van der Waals surface area contributed by atoms with Crippen molar-refractivity contribution in [2.75, 3.05) is 0 Å². The molecule has 0 radical (unpaired) electrons. The van der Waals surface area contributed by atoms with E-state index in [0.717, 1.165) is 36.1 Å². The van der Waals surface area contributed by atoms with Gasteiger partial charge in [-0.2, -0.15) is 0 Å². The Morgan fingerprint density at radius 1 is 1.39 bits per heavy atom. The zero-order chi connectivity index (χ0) is 15.8. The van der Waals surface area contributed by atoms with Crippen molar-refractivity contribution in [3.8, 4) is 0 Å². The first-order chi connectivity index (χ1) is 11.2. The normalized spacial score (nSPS) is 14.3. The smallest absolute Gasteiger partial charge is 0.255 e. The zero-order valence-corrected chi connectivity index (χ0v) is 13.0. The summed E-state index contributed by atoms with van der Waals surface area (Å²) < 4.78 is 11.1. The number of carbonyl (C=O) groups excluding carboxylic acids is 1. The topological polar surface area (TPSA) is 68.3 Å². The number of fused-ring (bicyclic) bond motifs is 1. The summed E-state index contributed by atoms with van der Waals surface area (Å²) in [5.41, 5.74) is 2.46. The van der Waals surface area contributed by atoms with Crippen molar-refractivity contribution in [3.63, 3.8) is 0 Å². The van der Waals surface area contributed by atoms with Gasteiger partial charge >= 0.3 is 0 Å². The first kappa shape index (κ1) is 14.1. The van der Waals surface area contributed by atoms with Gasteiger partial charge in [0, 0.05) is 11.3 Å². The summed E-state index contributed by atoms with van der Waals surface area (Å²) >= 11 is 0. The number of aromatic nitrogens is 1. The summed E-state index contributed by atoms with van der Waals surface area (Å²) in [6.07, 6.45) is 6.41. The molecule has 1 aliphatic rings. The van der Waals surface area contributed by atoms with Crippen LogP contribution in [0.25, 0.3) is 11.0 Å². The number of nitrogens with one attached hydrogen (secondary N) is 1. The number of aryl methyl sites for hydroxylation is 1. The van der Waals surface area contributed by atoms with Crippen LogP contribution < -0.4 is 5.32 Å². The molecule has 0 atom stereocenters. The van der Waals surface area contributed by atoms with Gasteiger partial charge in [0.25, 0.3) is 5.91 Å². The maximum absolute atomic E-state index is 12.4. The van der Waals surface area contributed by atoms with Crippen molar-refractivity contribution in [2.45, 2.75) is 38.6 Å². The van der Waals surface area contributed by atoms with Crippen molar-refractivity contribution in [2.24, 2.45) is 0 Å². The molecule has 118 valence electrons. The summed E-state index contributed by atoms with van der Waals surface area (Å²) in [5, 5.41) is 3.72. The van der Waals surface area contributed by atoms with Crippen molar-refractivity contribution in [1.29, 1.82) is 0 Å². The molecule has 0 saturated heterocycles. The van der Waals surface area contributed by atoms with Gasteiger partial charge in [-0.3, -0.25) is 4.79 Å². The molecule has 1 amide bonds. The minimum absolute atomic E-state index is 0.165. The number of furan rings is 1. The fourth-order valence-corrected chi connectivity index (χ4v) is 2.66. The Balaban J connectivity index is 1.49. The minimum Gasteiger partial charge on any atom is -0.463 e. The Hall–Kier alpha value is -2.56. The highest BCUT2D eigenvalue weighted by Gasteiger charge is 2.28. The fourth-order valence-electron chi connectivity index (χ4n) is 2.66. The fraction of sp³-hybridized carbons (Fsp3) is 0.333. The lowest BCUT2D eigenvalue weighted by Crippen LogP contribution is -2.22. The van der Waals surface area contributed by atoms with Crippen LogP contribution in [0.1, 0.15) is 53.3 Å². The quantitative estimate of drug-likeness (QED) is 0.778. The van der Waals surface area contributed by atoms with E-state index in [4.69, 9.17) is 8.83 Å². The van der Waals surface area contributed by atoms with E-state index in [1.165, 1.54) is 11.8 Å². The van der Waals surface area contributed by atoms with Crippen LogP contribution in [0.5, 0.6) is 0 Å². The van der Waals surface area contributed by atoms with E-state index < -0.39 is 0 Å². The molecule has 1 aromatic carbocycles. The lowest BCUT2D eigenvalue weighted by atomic mass is 10.1. The molecule has 5 nitrogen and oxygen atoms in total. The lowest BCUT2D eigenvalue weighted by Gasteiger charge is -2.02.